The second-order valence-corrected chi connectivity index (χ2v) is 10.2. The molecule has 2 aliphatic heterocycles. The SMILES string of the molecule is CN(O)C(=O)CCCCSCCC1C2CCC(O2)C1CCSc1ccccc1. The molecule has 0 aliphatic carbocycles. The molecule has 1 N–H and O–H groups in total. The molecule has 2 aliphatic rings. The van der Waals surface area contributed by atoms with Gasteiger partial charge in [0.2, 0.25) is 5.91 Å². The highest BCUT2D eigenvalue weighted by molar-refractivity contribution is 7.99. The van der Waals surface area contributed by atoms with E-state index in [-0.39, 0.29) is 5.91 Å². The molecule has 1 amide bonds. The second kappa shape index (κ2) is 11.5. The monoisotopic (exact) mass is 423 g/mol. The number of rotatable bonds is 12. The number of hydrogen-bond donors (Lipinski definition) is 1. The molecule has 1 aromatic carbocycles. The molecule has 2 fully saturated rings. The van der Waals surface area contributed by atoms with Crippen LogP contribution >= 0.6 is 23.5 Å². The van der Waals surface area contributed by atoms with E-state index in [0.717, 1.165) is 30.4 Å². The van der Waals surface area contributed by atoms with E-state index < -0.39 is 0 Å². The van der Waals surface area contributed by atoms with Gasteiger partial charge in [0.05, 0.1) is 12.2 Å². The van der Waals surface area contributed by atoms with Crippen molar-refractivity contribution >= 4 is 29.4 Å². The third-order valence-corrected chi connectivity index (χ3v) is 8.09. The summed E-state index contributed by atoms with van der Waals surface area (Å²) in [4.78, 5) is 12.7. The van der Waals surface area contributed by atoms with Crippen LogP contribution in [0.1, 0.15) is 44.9 Å². The van der Waals surface area contributed by atoms with E-state index in [4.69, 9.17) is 9.94 Å². The van der Waals surface area contributed by atoms with Crippen molar-refractivity contribution in [1.29, 1.82) is 0 Å². The molecule has 4 unspecified atom stereocenters. The van der Waals surface area contributed by atoms with Gasteiger partial charge in [0.25, 0.3) is 0 Å². The average Bonchev–Trinajstić information content (AvgIpc) is 3.30. The highest BCUT2D eigenvalue weighted by Gasteiger charge is 2.47. The number of carbonyl (C=O) groups is 1. The number of unbranched alkanes of at least 4 members (excludes halogenated alkanes) is 1. The number of ether oxygens (including phenoxy) is 1. The fourth-order valence-corrected chi connectivity index (χ4v) is 6.49. The third kappa shape index (κ3) is 6.41. The molecule has 2 heterocycles. The van der Waals surface area contributed by atoms with Crippen molar-refractivity contribution in [2.75, 3.05) is 24.3 Å². The van der Waals surface area contributed by atoms with Crippen molar-refractivity contribution < 1.29 is 14.7 Å². The lowest BCUT2D eigenvalue weighted by Gasteiger charge is -2.28. The molecule has 0 radical (unpaired) electrons. The Morgan fingerprint density at radius 1 is 1.07 bits per heavy atom. The lowest BCUT2D eigenvalue weighted by atomic mass is 9.76. The Balaban J connectivity index is 1.31. The van der Waals surface area contributed by atoms with E-state index in [0.29, 0.717) is 23.7 Å². The fraction of sp³-hybridized carbons (Fsp3) is 0.682. The van der Waals surface area contributed by atoms with E-state index in [1.807, 2.05) is 23.5 Å². The number of amides is 1. The predicted octanol–water partition coefficient (Wildman–Crippen LogP) is 5.10. The molecular weight excluding hydrogens is 390 g/mol. The van der Waals surface area contributed by atoms with Crippen molar-refractivity contribution in [2.45, 2.75) is 62.0 Å². The van der Waals surface area contributed by atoms with Crippen LogP contribution in [0.3, 0.4) is 0 Å². The first-order valence-corrected chi connectivity index (χ1v) is 12.7. The van der Waals surface area contributed by atoms with Crippen molar-refractivity contribution in [3.05, 3.63) is 30.3 Å². The Kier molecular flexibility index (Phi) is 9.03. The van der Waals surface area contributed by atoms with E-state index in [1.54, 1.807) is 0 Å². The first kappa shape index (κ1) is 22.0. The van der Waals surface area contributed by atoms with Crippen LogP contribution in [0.4, 0.5) is 0 Å². The van der Waals surface area contributed by atoms with Crippen LogP contribution in [-0.2, 0) is 9.53 Å². The van der Waals surface area contributed by atoms with Gasteiger partial charge in [-0.1, -0.05) is 18.2 Å². The molecule has 1 aromatic rings. The van der Waals surface area contributed by atoms with Gasteiger partial charge in [-0.2, -0.15) is 11.8 Å². The zero-order valence-corrected chi connectivity index (χ0v) is 18.4. The molecular formula is C22H33NO3S2. The van der Waals surface area contributed by atoms with Crippen LogP contribution in [0.2, 0.25) is 0 Å². The maximum atomic E-state index is 11.3. The van der Waals surface area contributed by atoms with Crippen LogP contribution < -0.4 is 0 Å². The van der Waals surface area contributed by atoms with E-state index in [2.05, 4.69) is 30.3 Å². The number of benzene rings is 1. The summed E-state index contributed by atoms with van der Waals surface area (Å²) in [5.74, 6) is 4.73. The maximum Gasteiger partial charge on any atom is 0.245 e. The highest BCUT2D eigenvalue weighted by atomic mass is 32.2. The highest BCUT2D eigenvalue weighted by Crippen LogP contribution is 2.47. The van der Waals surface area contributed by atoms with Gasteiger partial charge in [-0.05, 0) is 79.8 Å². The van der Waals surface area contributed by atoms with Crippen molar-refractivity contribution in [3.8, 4) is 0 Å². The standard InChI is InChI=1S/C22H33NO3S2/c1-23(25)22(24)9-5-6-14-27-15-12-18-19(21-11-10-20(18)26-21)13-16-28-17-7-3-2-4-8-17/h2-4,7-8,18-21,25H,5-6,9-16H2,1H3. The summed E-state index contributed by atoms with van der Waals surface area (Å²) in [5.41, 5.74) is 0. The molecule has 2 saturated heterocycles. The van der Waals surface area contributed by atoms with Crippen LogP contribution in [-0.4, -0.2) is 52.7 Å². The van der Waals surface area contributed by atoms with Gasteiger partial charge in [0, 0.05) is 18.4 Å². The molecule has 156 valence electrons. The summed E-state index contributed by atoms with van der Waals surface area (Å²) in [6, 6.07) is 10.7. The topological polar surface area (TPSA) is 49.8 Å². The van der Waals surface area contributed by atoms with E-state index in [1.165, 1.54) is 49.1 Å². The molecule has 0 saturated carbocycles. The molecule has 4 atom stereocenters. The summed E-state index contributed by atoms with van der Waals surface area (Å²) >= 11 is 3.97. The number of thioether (sulfide) groups is 2. The lowest BCUT2D eigenvalue weighted by molar-refractivity contribution is -0.159. The fourth-order valence-electron chi connectivity index (χ4n) is 4.46. The zero-order chi connectivity index (χ0) is 19.8. The summed E-state index contributed by atoms with van der Waals surface area (Å²) in [5, 5.41) is 9.74. The smallest absolute Gasteiger partial charge is 0.245 e. The first-order valence-electron chi connectivity index (χ1n) is 10.5. The quantitative estimate of drug-likeness (QED) is 0.219. The zero-order valence-electron chi connectivity index (χ0n) is 16.8. The van der Waals surface area contributed by atoms with E-state index in [9.17, 15) is 4.79 Å². The minimum absolute atomic E-state index is 0.194. The second-order valence-electron chi connectivity index (χ2n) is 7.84. The number of fused-ring (bicyclic) bond motifs is 2. The van der Waals surface area contributed by atoms with Gasteiger partial charge in [-0.25, -0.2) is 5.06 Å². The molecule has 6 heteroatoms. The first-order chi connectivity index (χ1) is 13.6. The van der Waals surface area contributed by atoms with Crippen molar-refractivity contribution in [1.82, 2.24) is 5.06 Å². The Morgan fingerprint density at radius 3 is 2.43 bits per heavy atom. The predicted molar refractivity (Wildman–Crippen MR) is 117 cm³/mol. The largest absolute Gasteiger partial charge is 0.374 e. The Hall–Kier alpha value is -0.690. The third-order valence-electron chi connectivity index (χ3n) is 5.94. The van der Waals surface area contributed by atoms with Gasteiger partial charge in [0.15, 0.2) is 0 Å². The van der Waals surface area contributed by atoms with Gasteiger partial charge in [-0.3, -0.25) is 10.0 Å². The minimum atomic E-state index is -0.194. The number of nitrogens with zero attached hydrogens (tertiary/aromatic N) is 1. The number of carbonyl (C=O) groups excluding carboxylic acids is 1. The summed E-state index contributed by atoms with van der Waals surface area (Å²) in [6.07, 6.45) is 8.34. The van der Waals surface area contributed by atoms with Gasteiger partial charge in [-0.15, -0.1) is 11.8 Å². The van der Waals surface area contributed by atoms with Crippen molar-refractivity contribution in [3.63, 3.8) is 0 Å². The minimum Gasteiger partial charge on any atom is -0.374 e. The summed E-state index contributed by atoms with van der Waals surface area (Å²) in [6.45, 7) is 0. The Bertz CT molecular complexity index is 599. The summed E-state index contributed by atoms with van der Waals surface area (Å²) in [7, 11) is 1.39. The number of hydrogen-bond acceptors (Lipinski definition) is 5. The van der Waals surface area contributed by atoms with Gasteiger partial charge < -0.3 is 4.74 Å². The average molecular weight is 424 g/mol. The van der Waals surface area contributed by atoms with Gasteiger partial charge >= 0.3 is 0 Å². The molecule has 0 aromatic heterocycles. The normalized spacial score (nSPS) is 25.9. The molecule has 3 rings (SSSR count). The van der Waals surface area contributed by atoms with Crippen LogP contribution in [0.15, 0.2) is 35.2 Å². The molecule has 28 heavy (non-hydrogen) atoms. The maximum absolute atomic E-state index is 11.3. The van der Waals surface area contributed by atoms with E-state index >= 15 is 0 Å². The summed E-state index contributed by atoms with van der Waals surface area (Å²) < 4.78 is 6.26. The Morgan fingerprint density at radius 2 is 1.75 bits per heavy atom. The van der Waals surface area contributed by atoms with Crippen molar-refractivity contribution in [2.24, 2.45) is 11.8 Å². The Labute approximate surface area is 177 Å². The molecule has 0 spiro atoms. The molecule has 2 bridgehead atoms. The molecule has 4 nitrogen and oxygen atoms in total. The van der Waals surface area contributed by atoms with Crippen LogP contribution in [0.25, 0.3) is 0 Å². The number of hydroxylamine groups is 2. The van der Waals surface area contributed by atoms with Crippen LogP contribution in [0, 0.1) is 11.8 Å². The van der Waals surface area contributed by atoms with Crippen LogP contribution in [0.5, 0.6) is 0 Å². The lowest BCUT2D eigenvalue weighted by Crippen LogP contribution is -2.28. The van der Waals surface area contributed by atoms with Gasteiger partial charge in [0.1, 0.15) is 0 Å².